The van der Waals surface area contributed by atoms with Crippen molar-refractivity contribution in [2.45, 2.75) is 133 Å². The summed E-state index contributed by atoms with van der Waals surface area (Å²) >= 11 is 0. The van der Waals surface area contributed by atoms with Crippen LogP contribution in [0.4, 0.5) is 0 Å². The molecule has 0 atom stereocenters. The van der Waals surface area contributed by atoms with Gasteiger partial charge in [-0.3, -0.25) is 0 Å². The van der Waals surface area contributed by atoms with Crippen molar-refractivity contribution in [2.24, 2.45) is 0 Å². The first-order chi connectivity index (χ1) is 10.9. The first kappa shape index (κ1) is 20.2. The topological polar surface area (TPSA) is 0 Å². The zero-order chi connectivity index (χ0) is 15.0. The Labute approximate surface area is 150 Å². The van der Waals surface area contributed by atoms with Crippen LogP contribution >= 0.6 is 17.2 Å². The van der Waals surface area contributed by atoms with E-state index in [0.29, 0.717) is 0 Å². The zero-order valence-corrected chi connectivity index (χ0v) is 16.6. The van der Waals surface area contributed by atoms with Gasteiger partial charge in [-0.2, -0.15) is 0 Å². The van der Waals surface area contributed by atoms with Crippen molar-refractivity contribution in [1.29, 1.82) is 0 Å². The molecule has 0 aromatic rings. The van der Waals surface area contributed by atoms with Crippen LogP contribution < -0.4 is 0 Å². The summed E-state index contributed by atoms with van der Waals surface area (Å²) in [5, 5.41) is 0. The van der Waals surface area contributed by atoms with E-state index in [1.807, 2.05) is 0 Å². The van der Waals surface area contributed by atoms with Crippen molar-refractivity contribution >= 4 is 17.2 Å². The monoisotopic (exact) mass is 356 g/mol. The lowest BCUT2D eigenvalue weighted by Gasteiger charge is -2.14. The van der Waals surface area contributed by atoms with E-state index in [1.54, 1.807) is 51.4 Å². The minimum atomic E-state index is 0. The summed E-state index contributed by atoms with van der Waals surface area (Å²) in [6.07, 6.45) is 24.8. The summed E-state index contributed by atoms with van der Waals surface area (Å²) in [6.45, 7) is 0. The SMILES string of the molecule is C.C1CCC(PC2CCCC2)C1.C1CCC(PC2CCCC2)C1. The van der Waals surface area contributed by atoms with Gasteiger partial charge in [0, 0.05) is 0 Å². The van der Waals surface area contributed by atoms with Gasteiger partial charge in [0.05, 0.1) is 0 Å². The molecule has 23 heavy (non-hydrogen) atoms. The Hall–Kier alpha value is 0.860. The summed E-state index contributed by atoms with van der Waals surface area (Å²) in [5.74, 6) is 0. The number of rotatable bonds is 4. The highest BCUT2D eigenvalue weighted by Gasteiger charge is 2.22. The van der Waals surface area contributed by atoms with Crippen molar-refractivity contribution in [1.82, 2.24) is 0 Å². The molecule has 4 rings (SSSR count). The van der Waals surface area contributed by atoms with Gasteiger partial charge in [0.15, 0.2) is 0 Å². The van der Waals surface area contributed by atoms with Crippen LogP contribution in [0.2, 0.25) is 0 Å². The van der Waals surface area contributed by atoms with Gasteiger partial charge < -0.3 is 0 Å². The third kappa shape index (κ3) is 7.32. The van der Waals surface area contributed by atoms with Crippen molar-refractivity contribution in [2.75, 3.05) is 0 Å². The minimum Gasteiger partial charge on any atom is -0.116 e. The molecule has 0 unspecified atom stereocenters. The van der Waals surface area contributed by atoms with Crippen LogP contribution in [0.15, 0.2) is 0 Å². The second-order valence-electron chi connectivity index (χ2n) is 8.26. The summed E-state index contributed by atoms with van der Waals surface area (Å²) in [7, 11) is 2.68. The van der Waals surface area contributed by atoms with E-state index in [4.69, 9.17) is 0 Å². The maximum atomic E-state index is 1.56. The van der Waals surface area contributed by atoms with Gasteiger partial charge in [0.2, 0.25) is 0 Å². The predicted molar refractivity (Wildman–Crippen MR) is 112 cm³/mol. The van der Waals surface area contributed by atoms with E-state index < -0.39 is 0 Å². The normalized spacial score (nSPS) is 27.1. The largest absolute Gasteiger partial charge is 0.116 e. The Kier molecular flexibility index (Phi) is 10.1. The molecule has 0 nitrogen and oxygen atoms in total. The summed E-state index contributed by atoms with van der Waals surface area (Å²) in [4.78, 5) is 0. The highest BCUT2D eigenvalue weighted by Crippen LogP contribution is 2.44. The average Bonchev–Trinajstić information content (AvgIpc) is 3.31. The number of hydrogen-bond donors (Lipinski definition) is 0. The molecule has 0 heterocycles. The molecule has 0 radical (unpaired) electrons. The van der Waals surface area contributed by atoms with Crippen LogP contribution in [0.3, 0.4) is 0 Å². The van der Waals surface area contributed by atoms with Crippen molar-refractivity contribution in [3.63, 3.8) is 0 Å². The first-order valence-electron chi connectivity index (χ1n) is 10.4. The molecule has 0 amide bonds. The molecule has 0 spiro atoms. The lowest BCUT2D eigenvalue weighted by atomic mass is 10.4. The van der Waals surface area contributed by atoms with E-state index in [2.05, 4.69) is 0 Å². The maximum Gasteiger partial charge on any atom is -0.0234 e. The zero-order valence-electron chi connectivity index (χ0n) is 14.6. The predicted octanol–water partition coefficient (Wildman–Crippen LogP) is 7.74. The molecule has 4 aliphatic rings. The summed E-state index contributed by atoms with van der Waals surface area (Å²) in [5.41, 5.74) is 4.66. The summed E-state index contributed by atoms with van der Waals surface area (Å²) in [6, 6.07) is 0. The highest BCUT2D eigenvalue weighted by molar-refractivity contribution is 7.40. The van der Waals surface area contributed by atoms with E-state index in [-0.39, 0.29) is 7.43 Å². The Balaban J connectivity index is 0.000000160. The van der Waals surface area contributed by atoms with Crippen molar-refractivity contribution in [3.8, 4) is 0 Å². The molecule has 0 aromatic carbocycles. The Morgan fingerprint density at radius 2 is 0.522 bits per heavy atom. The molecule has 0 aromatic heterocycles. The fourth-order valence-electron chi connectivity index (χ4n) is 5.04. The Morgan fingerprint density at radius 3 is 0.696 bits per heavy atom. The van der Waals surface area contributed by atoms with E-state index in [1.165, 1.54) is 68.5 Å². The molecule has 4 aliphatic carbocycles. The van der Waals surface area contributed by atoms with Gasteiger partial charge in [0.25, 0.3) is 0 Å². The second-order valence-corrected chi connectivity index (χ2v) is 12.2. The third-order valence-electron chi connectivity index (χ3n) is 6.36. The molecule has 0 N–H and O–H groups in total. The molecule has 0 bridgehead atoms. The van der Waals surface area contributed by atoms with E-state index >= 15 is 0 Å². The fourth-order valence-corrected chi connectivity index (χ4v) is 9.34. The van der Waals surface area contributed by atoms with Crippen molar-refractivity contribution < 1.29 is 0 Å². The molecule has 4 saturated carbocycles. The van der Waals surface area contributed by atoms with Crippen molar-refractivity contribution in [3.05, 3.63) is 0 Å². The smallest absolute Gasteiger partial charge is 0.0234 e. The van der Waals surface area contributed by atoms with E-state index in [0.717, 1.165) is 22.6 Å². The second kappa shape index (κ2) is 11.5. The lowest BCUT2D eigenvalue weighted by Crippen LogP contribution is -2.00. The fraction of sp³-hybridized carbons (Fsp3) is 1.00. The van der Waals surface area contributed by atoms with E-state index in [9.17, 15) is 0 Å². The minimum absolute atomic E-state index is 0. The van der Waals surface area contributed by atoms with Gasteiger partial charge in [0.1, 0.15) is 0 Å². The van der Waals surface area contributed by atoms with Crippen LogP contribution in [-0.4, -0.2) is 22.6 Å². The quantitative estimate of drug-likeness (QED) is 0.452. The molecule has 0 aliphatic heterocycles. The number of hydrogen-bond acceptors (Lipinski definition) is 0. The molecule has 2 heteroatoms. The molecular formula is C21H42P2. The molecule has 0 saturated heterocycles. The Bertz CT molecular complexity index is 222. The third-order valence-corrected chi connectivity index (χ3v) is 10.6. The maximum absolute atomic E-state index is 1.56. The summed E-state index contributed by atoms with van der Waals surface area (Å²) < 4.78 is 0. The van der Waals surface area contributed by atoms with Crippen LogP contribution in [0.25, 0.3) is 0 Å². The van der Waals surface area contributed by atoms with Crippen LogP contribution in [-0.2, 0) is 0 Å². The van der Waals surface area contributed by atoms with Gasteiger partial charge in [-0.15, -0.1) is 17.2 Å². The highest BCUT2D eigenvalue weighted by atomic mass is 31.1. The van der Waals surface area contributed by atoms with Crippen LogP contribution in [0.1, 0.15) is 110 Å². The molecule has 136 valence electrons. The van der Waals surface area contributed by atoms with Gasteiger partial charge in [-0.05, 0) is 74.0 Å². The first-order valence-corrected chi connectivity index (χ1v) is 12.7. The van der Waals surface area contributed by atoms with Crippen LogP contribution in [0, 0.1) is 0 Å². The lowest BCUT2D eigenvalue weighted by molar-refractivity contribution is 0.844. The Morgan fingerprint density at radius 1 is 0.348 bits per heavy atom. The van der Waals surface area contributed by atoms with Gasteiger partial charge in [-0.25, -0.2) is 0 Å². The average molecular weight is 357 g/mol. The molecule has 4 fully saturated rings. The standard InChI is InChI=1S/2C10H19P.CH4/c2*1-2-6-9(5-1)11-10-7-3-4-8-10;/h2*9-11H,1-8H2;1H4. The van der Waals surface area contributed by atoms with Crippen LogP contribution in [0.5, 0.6) is 0 Å². The van der Waals surface area contributed by atoms with Gasteiger partial charge in [-0.1, -0.05) is 58.8 Å². The van der Waals surface area contributed by atoms with Gasteiger partial charge >= 0.3 is 0 Å². The molecular weight excluding hydrogens is 314 g/mol.